The fourth-order valence-corrected chi connectivity index (χ4v) is 3.79. The van der Waals surface area contributed by atoms with Gasteiger partial charge in [0.05, 0.1) is 0 Å². The zero-order valence-electron chi connectivity index (χ0n) is 9.53. The first kappa shape index (κ1) is 13.4. The average molecular weight is 299 g/mol. The molecule has 1 saturated heterocycles. The van der Waals surface area contributed by atoms with E-state index in [-0.39, 0.29) is 5.54 Å². The third kappa shape index (κ3) is 2.72. The van der Waals surface area contributed by atoms with Crippen LogP contribution in [0.1, 0.15) is 26.7 Å². The fraction of sp³-hybridized carbons (Fsp3) is 1.00. The van der Waals surface area contributed by atoms with Gasteiger partial charge < -0.3 is 0 Å². The molecule has 0 amide bonds. The van der Waals surface area contributed by atoms with Crippen molar-refractivity contribution in [2.45, 2.75) is 32.2 Å². The quantitative estimate of drug-likeness (QED) is 0.737. The predicted octanol–water partition coefficient (Wildman–Crippen LogP) is 1.43. The van der Waals surface area contributed by atoms with E-state index in [1.54, 1.807) is 11.4 Å². The second-order valence-corrected chi connectivity index (χ2v) is 7.05. The minimum absolute atomic E-state index is 0.387. The largest absolute Gasteiger partial charge is 0.282 e. The molecular formula is C9H19BrN2O2S. The minimum atomic E-state index is -3.27. The molecule has 1 rings (SSSR count). The highest BCUT2D eigenvalue weighted by Gasteiger charge is 2.37. The summed E-state index contributed by atoms with van der Waals surface area (Å²) < 4.78 is 27.4. The van der Waals surface area contributed by atoms with Crippen molar-refractivity contribution in [1.29, 1.82) is 0 Å². The van der Waals surface area contributed by atoms with E-state index in [0.717, 1.165) is 12.8 Å². The highest BCUT2D eigenvalue weighted by molar-refractivity contribution is 9.09. The van der Waals surface area contributed by atoms with Gasteiger partial charge in [-0.3, -0.25) is 0 Å². The van der Waals surface area contributed by atoms with Crippen LogP contribution in [-0.2, 0) is 10.2 Å². The molecule has 1 fully saturated rings. The number of alkyl halides is 1. The Morgan fingerprint density at radius 1 is 1.33 bits per heavy atom. The van der Waals surface area contributed by atoms with Crippen LogP contribution in [0.15, 0.2) is 0 Å². The van der Waals surface area contributed by atoms with Gasteiger partial charge in [-0.15, -0.1) is 0 Å². The molecule has 6 heteroatoms. The molecule has 0 aliphatic carbocycles. The van der Waals surface area contributed by atoms with Crippen LogP contribution in [0.2, 0.25) is 0 Å². The van der Waals surface area contributed by atoms with Gasteiger partial charge in [0.25, 0.3) is 10.2 Å². The van der Waals surface area contributed by atoms with Crippen molar-refractivity contribution < 1.29 is 8.42 Å². The van der Waals surface area contributed by atoms with Gasteiger partial charge in [-0.1, -0.05) is 15.9 Å². The second-order valence-electron chi connectivity index (χ2n) is 4.53. The van der Waals surface area contributed by atoms with Gasteiger partial charge in [-0.2, -0.15) is 17.0 Å². The SMILES string of the molecule is CN(C(C)(C)CBr)S(=O)(=O)N1CCCC1. The highest BCUT2D eigenvalue weighted by Crippen LogP contribution is 2.23. The maximum Gasteiger partial charge on any atom is 0.282 e. The smallest absolute Gasteiger partial charge is 0.195 e. The molecule has 4 nitrogen and oxygen atoms in total. The fourth-order valence-electron chi connectivity index (χ4n) is 1.49. The van der Waals surface area contributed by atoms with Crippen molar-refractivity contribution in [1.82, 2.24) is 8.61 Å². The van der Waals surface area contributed by atoms with Crippen molar-refractivity contribution in [3.05, 3.63) is 0 Å². The molecule has 0 unspecified atom stereocenters. The molecule has 0 bridgehead atoms. The second kappa shape index (κ2) is 4.69. The van der Waals surface area contributed by atoms with E-state index in [2.05, 4.69) is 15.9 Å². The molecule has 0 aromatic carbocycles. The summed E-state index contributed by atoms with van der Waals surface area (Å²) >= 11 is 3.35. The summed E-state index contributed by atoms with van der Waals surface area (Å²) in [6, 6.07) is 0. The summed E-state index contributed by atoms with van der Waals surface area (Å²) in [5, 5.41) is 0.629. The van der Waals surface area contributed by atoms with Crippen LogP contribution in [0.25, 0.3) is 0 Å². The summed E-state index contributed by atoms with van der Waals surface area (Å²) in [6.45, 7) is 5.14. The first-order valence-electron chi connectivity index (χ1n) is 5.12. The van der Waals surface area contributed by atoms with Gasteiger partial charge in [0.1, 0.15) is 0 Å². The van der Waals surface area contributed by atoms with E-state index in [9.17, 15) is 8.42 Å². The molecule has 90 valence electrons. The Labute approximate surface area is 101 Å². The van der Waals surface area contributed by atoms with Gasteiger partial charge in [0, 0.05) is 31.0 Å². The van der Waals surface area contributed by atoms with E-state index < -0.39 is 10.2 Å². The summed E-state index contributed by atoms with van der Waals surface area (Å²) in [7, 11) is -1.62. The topological polar surface area (TPSA) is 40.6 Å². The van der Waals surface area contributed by atoms with E-state index >= 15 is 0 Å². The summed E-state index contributed by atoms with van der Waals surface area (Å²) in [5.41, 5.74) is -0.387. The predicted molar refractivity (Wildman–Crippen MR) is 65.4 cm³/mol. The average Bonchev–Trinajstić information content (AvgIpc) is 2.69. The third-order valence-electron chi connectivity index (χ3n) is 2.92. The molecule has 1 aliphatic heterocycles. The van der Waals surface area contributed by atoms with Crippen LogP contribution in [0, 0.1) is 0 Å². The highest BCUT2D eigenvalue weighted by atomic mass is 79.9. The van der Waals surface area contributed by atoms with Crippen LogP contribution >= 0.6 is 15.9 Å². The lowest BCUT2D eigenvalue weighted by atomic mass is 10.1. The number of rotatable bonds is 4. The number of hydrogen-bond acceptors (Lipinski definition) is 2. The third-order valence-corrected chi connectivity index (χ3v) is 6.49. The van der Waals surface area contributed by atoms with Gasteiger partial charge in [-0.05, 0) is 26.7 Å². The molecule has 1 heterocycles. The molecular weight excluding hydrogens is 280 g/mol. The van der Waals surface area contributed by atoms with Gasteiger partial charge in [0.15, 0.2) is 0 Å². The Kier molecular flexibility index (Phi) is 4.20. The molecule has 1 aliphatic rings. The van der Waals surface area contributed by atoms with E-state index in [1.807, 2.05) is 13.8 Å². The monoisotopic (exact) mass is 298 g/mol. The number of halogens is 1. The first-order chi connectivity index (χ1) is 6.82. The Morgan fingerprint density at radius 3 is 2.20 bits per heavy atom. The number of nitrogens with zero attached hydrogens (tertiary/aromatic N) is 2. The van der Waals surface area contributed by atoms with Crippen LogP contribution in [-0.4, -0.2) is 48.0 Å². The molecule has 0 atom stereocenters. The summed E-state index contributed by atoms with van der Waals surface area (Å²) in [4.78, 5) is 0. The maximum atomic E-state index is 12.2. The first-order valence-corrected chi connectivity index (χ1v) is 7.64. The van der Waals surface area contributed by atoms with Crippen molar-refractivity contribution in [2.75, 3.05) is 25.5 Å². The molecule has 0 aromatic heterocycles. The lowest BCUT2D eigenvalue weighted by molar-refractivity contribution is 0.276. The summed E-state index contributed by atoms with van der Waals surface area (Å²) in [5.74, 6) is 0. The van der Waals surface area contributed by atoms with Crippen molar-refractivity contribution in [3.63, 3.8) is 0 Å². The van der Waals surface area contributed by atoms with Crippen LogP contribution < -0.4 is 0 Å². The van der Waals surface area contributed by atoms with Crippen LogP contribution in [0.3, 0.4) is 0 Å². The van der Waals surface area contributed by atoms with Gasteiger partial charge in [0.2, 0.25) is 0 Å². The Morgan fingerprint density at radius 2 is 1.80 bits per heavy atom. The van der Waals surface area contributed by atoms with Crippen LogP contribution in [0.5, 0.6) is 0 Å². The van der Waals surface area contributed by atoms with E-state index in [1.165, 1.54) is 4.31 Å². The standard InChI is InChI=1S/C9H19BrN2O2S/c1-9(2,8-10)11(3)15(13,14)12-6-4-5-7-12/h4-8H2,1-3H3. The Bertz CT molecular complexity index is 310. The minimum Gasteiger partial charge on any atom is -0.195 e. The maximum absolute atomic E-state index is 12.2. The Balaban J connectivity index is 2.85. The molecule has 0 saturated carbocycles. The lowest BCUT2D eigenvalue weighted by Gasteiger charge is -2.35. The normalized spacial score (nSPS) is 20.1. The van der Waals surface area contributed by atoms with Crippen molar-refractivity contribution >= 4 is 26.1 Å². The Hall–Kier alpha value is 0.350. The molecule has 0 N–H and O–H groups in total. The zero-order chi connectivity index (χ0) is 11.7. The van der Waals surface area contributed by atoms with E-state index in [0.29, 0.717) is 18.4 Å². The lowest BCUT2D eigenvalue weighted by Crippen LogP contribution is -2.51. The molecule has 15 heavy (non-hydrogen) atoms. The van der Waals surface area contributed by atoms with Crippen LogP contribution in [0.4, 0.5) is 0 Å². The summed E-state index contributed by atoms with van der Waals surface area (Å²) in [6.07, 6.45) is 1.95. The molecule has 0 spiro atoms. The van der Waals surface area contributed by atoms with E-state index in [4.69, 9.17) is 0 Å². The van der Waals surface area contributed by atoms with Gasteiger partial charge in [-0.25, -0.2) is 0 Å². The van der Waals surface area contributed by atoms with Gasteiger partial charge >= 0.3 is 0 Å². The van der Waals surface area contributed by atoms with Crippen molar-refractivity contribution in [3.8, 4) is 0 Å². The molecule has 0 aromatic rings. The van der Waals surface area contributed by atoms with Crippen molar-refractivity contribution in [2.24, 2.45) is 0 Å². The number of hydrogen-bond donors (Lipinski definition) is 0. The molecule has 0 radical (unpaired) electrons. The zero-order valence-corrected chi connectivity index (χ0v) is 11.9.